The van der Waals surface area contributed by atoms with Gasteiger partial charge in [0.2, 0.25) is 0 Å². The van der Waals surface area contributed by atoms with Gasteiger partial charge in [0, 0.05) is 12.1 Å². The monoisotopic (exact) mass is 313 g/mol. The Morgan fingerprint density at radius 3 is 2.70 bits per heavy atom. The van der Waals surface area contributed by atoms with Gasteiger partial charge >= 0.3 is 5.97 Å². The lowest BCUT2D eigenvalue weighted by atomic mass is 10.1. The van der Waals surface area contributed by atoms with Crippen LogP contribution in [0.25, 0.3) is 5.69 Å². The maximum Gasteiger partial charge on any atom is 0.358 e. The van der Waals surface area contributed by atoms with Gasteiger partial charge in [-0.3, -0.25) is 9.58 Å². The Labute approximate surface area is 134 Å². The van der Waals surface area contributed by atoms with Gasteiger partial charge in [0.15, 0.2) is 5.69 Å². The third-order valence-corrected chi connectivity index (χ3v) is 3.82. The summed E-state index contributed by atoms with van der Waals surface area (Å²) in [4.78, 5) is 16.4. The van der Waals surface area contributed by atoms with Crippen molar-refractivity contribution in [3.05, 3.63) is 53.4 Å². The van der Waals surface area contributed by atoms with E-state index >= 15 is 0 Å². The number of ether oxygens (including phenoxy) is 1. The van der Waals surface area contributed by atoms with Crippen LogP contribution in [0.3, 0.4) is 0 Å². The Balaban J connectivity index is 2.24. The van der Waals surface area contributed by atoms with Crippen molar-refractivity contribution < 1.29 is 9.53 Å². The zero-order valence-corrected chi connectivity index (χ0v) is 13.1. The second-order valence-electron chi connectivity index (χ2n) is 5.30. The van der Waals surface area contributed by atoms with Gasteiger partial charge < -0.3 is 10.5 Å². The minimum absolute atomic E-state index is 0.288. The molecule has 7 nitrogen and oxygen atoms in total. The van der Waals surface area contributed by atoms with Crippen molar-refractivity contribution in [2.24, 2.45) is 11.6 Å². The van der Waals surface area contributed by atoms with Crippen molar-refractivity contribution in [2.45, 2.75) is 20.3 Å². The number of anilines is 1. The van der Waals surface area contributed by atoms with Gasteiger partial charge in [-0.05, 0) is 26.0 Å². The average molecular weight is 313 g/mol. The van der Waals surface area contributed by atoms with Gasteiger partial charge in [0.1, 0.15) is 6.33 Å². The van der Waals surface area contributed by atoms with E-state index in [1.165, 1.54) is 0 Å². The third-order valence-electron chi connectivity index (χ3n) is 3.82. The summed E-state index contributed by atoms with van der Waals surface area (Å²) in [6, 6.07) is 7.63. The molecule has 7 heteroatoms. The number of imidazole rings is 1. The van der Waals surface area contributed by atoms with Crippen LogP contribution in [0.1, 0.15) is 30.0 Å². The topological polar surface area (TPSA) is 99.4 Å². The van der Waals surface area contributed by atoms with Gasteiger partial charge in [-0.1, -0.05) is 12.1 Å². The summed E-state index contributed by atoms with van der Waals surface area (Å²) >= 11 is 0. The minimum Gasteiger partial charge on any atom is -0.461 e. The van der Waals surface area contributed by atoms with E-state index in [0.717, 1.165) is 17.1 Å². The van der Waals surface area contributed by atoms with Crippen molar-refractivity contribution in [1.82, 2.24) is 9.55 Å². The van der Waals surface area contributed by atoms with E-state index in [1.54, 1.807) is 25.2 Å². The molecule has 1 aliphatic rings. The van der Waals surface area contributed by atoms with Crippen LogP contribution in [0.5, 0.6) is 0 Å². The van der Waals surface area contributed by atoms with Crippen LogP contribution in [0.15, 0.2) is 42.0 Å². The molecule has 1 aliphatic heterocycles. The van der Waals surface area contributed by atoms with Gasteiger partial charge in [-0.2, -0.15) is 0 Å². The Bertz CT molecular complexity index is 790. The molecule has 2 heterocycles. The Morgan fingerprint density at radius 2 is 2.04 bits per heavy atom. The first-order valence-electron chi connectivity index (χ1n) is 7.37. The summed E-state index contributed by atoms with van der Waals surface area (Å²) in [5.41, 5.74) is 9.95. The molecule has 0 unspecified atom stereocenters. The van der Waals surface area contributed by atoms with E-state index in [0.29, 0.717) is 24.4 Å². The number of hydrazine groups is 1. The van der Waals surface area contributed by atoms with E-state index in [1.807, 2.05) is 28.8 Å². The number of carbonyl (C=O) groups is 1. The summed E-state index contributed by atoms with van der Waals surface area (Å²) in [6.07, 6.45) is 2.00. The number of fused-ring (bicyclic) bond motifs is 3. The smallest absolute Gasteiger partial charge is 0.358 e. The van der Waals surface area contributed by atoms with Crippen LogP contribution in [0, 0.1) is 0 Å². The van der Waals surface area contributed by atoms with E-state index < -0.39 is 5.97 Å². The number of hydrogen-bond donors (Lipinski definition) is 2. The number of esters is 1. The molecular formula is C16H19N5O2. The number of hydrogen-bond acceptors (Lipinski definition) is 6. The fourth-order valence-corrected chi connectivity index (χ4v) is 2.71. The van der Waals surface area contributed by atoms with E-state index in [9.17, 15) is 4.79 Å². The normalized spacial score (nSPS) is 15.5. The first-order chi connectivity index (χ1) is 11.0. The van der Waals surface area contributed by atoms with Crippen LogP contribution in [0.4, 0.5) is 5.69 Å². The van der Waals surface area contributed by atoms with Gasteiger partial charge in [-0.15, -0.1) is 0 Å². The number of benzene rings is 1. The molecule has 23 heavy (non-hydrogen) atoms. The molecule has 0 spiro atoms. The summed E-state index contributed by atoms with van der Waals surface area (Å²) in [6.45, 7) is 3.84. The first kappa shape index (κ1) is 15.1. The zero-order chi connectivity index (χ0) is 16.6. The molecular weight excluding hydrogens is 294 g/mol. The van der Waals surface area contributed by atoms with Crippen LogP contribution >= 0.6 is 0 Å². The average Bonchev–Trinajstić information content (AvgIpc) is 2.90. The summed E-state index contributed by atoms with van der Waals surface area (Å²) in [7, 11) is 0. The molecule has 2 aromatic rings. The van der Waals surface area contributed by atoms with E-state index in [2.05, 4.69) is 4.98 Å². The zero-order valence-electron chi connectivity index (χ0n) is 13.1. The number of nitrogens with two attached hydrogens (primary N) is 2. The summed E-state index contributed by atoms with van der Waals surface area (Å²) in [5.74, 6) is 5.81. The fourth-order valence-electron chi connectivity index (χ4n) is 2.71. The van der Waals surface area contributed by atoms with Crippen LogP contribution in [0.2, 0.25) is 0 Å². The maximum absolute atomic E-state index is 12.2. The molecule has 0 aliphatic carbocycles. The molecule has 0 fully saturated rings. The van der Waals surface area contributed by atoms with Crippen LogP contribution in [-0.2, 0) is 11.2 Å². The number of aromatic nitrogens is 2. The molecule has 0 amide bonds. The SMILES string of the molecule is CCOC(=O)c1ncn2c1C/C(=C(\C)N)N(N)c1ccccc1-2. The third kappa shape index (κ3) is 2.44. The van der Waals surface area contributed by atoms with Crippen LogP contribution in [-0.4, -0.2) is 22.1 Å². The Morgan fingerprint density at radius 1 is 1.35 bits per heavy atom. The van der Waals surface area contributed by atoms with Gasteiger partial charge in [0.05, 0.1) is 29.4 Å². The quantitative estimate of drug-likeness (QED) is 0.643. The van der Waals surface area contributed by atoms with Gasteiger partial charge in [-0.25, -0.2) is 15.6 Å². The standard InChI is InChI=1S/C16H19N5O2/c1-3-23-16(22)15-14-8-13(10(2)17)21(18)12-7-5-4-6-11(12)20(14)9-19-15/h4-7,9H,3,8,17-18H2,1-2H3/b13-10-. The highest BCUT2D eigenvalue weighted by Crippen LogP contribution is 2.33. The Kier molecular flexibility index (Phi) is 3.79. The van der Waals surface area contributed by atoms with E-state index in [4.69, 9.17) is 16.3 Å². The maximum atomic E-state index is 12.2. The second-order valence-corrected chi connectivity index (χ2v) is 5.30. The molecule has 120 valence electrons. The highest BCUT2D eigenvalue weighted by molar-refractivity contribution is 5.89. The van der Waals surface area contributed by atoms with Gasteiger partial charge in [0.25, 0.3) is 0 Å². The van der Waals surface area contributed by atoms with Crippen molar-refractivity contribution in [2.75, 3.05) is 11.6 Å². The van der Waals surface area contributed by atoms with Crippen molar-refractivity contribution in [3.63, 3.8) is 0 Å². The van der Waals surface area contributed by atoms with Crippen LogP contribution < -0.4 is 16.6 Å². The van der Waals surface area contributed by atoms with Crippen molar-refractivity contribution in [3.8, 4) is 5.69 Å². The lowest BCUT2D eigenvalue weighted by Gasteiger charge is -2.22. The molecule has 0 radical (unpaired) electrons. The fraction of sp³-hybridized carbons (Fsp3) is 0.250. The highest BCUT2D eigenvalue weighted by Gasteiger charge is 2.28. The summed E-state index contributed by atoms with van der Waals surface area (Å²) in [5, 5.41) is 1.56. The molecule has 1 aromatic heterocycles. The number of allylic oxidation sites excluding steroid dienone is 2. The lowest BCUT2D eigenvalue weighted by molar-refractivity contribution is 0.0519. The molecule has 0 bridgehead atoms. The highest BCUT2D eigenvalue weighted by atomic mass is 16.5. The predicted molar refractivity (Wildman–Crippen MR) is 86.8 cm³/mol. The molecule has 0 saturated carbocycles. The van der Waals surface area contributed by atoms with E-state index in [-0.39, 0.29) is 5.69 Å². The Hall–Kier alpha value is -2.80. The largest absolute Gasteiger partial charge is 0.461 e. The molecule has 3 rings (SSSR count). The number of para-hydroxylation sites is 2. The second kappa shape index (κ2) is 5.77. The lowest BCUT2D eigenvalue weighted by Crippen LogP contribution is -2.32. The minimum atomic E-state index is -0.446. The molecule has 0 saturated heterocycles. The molecule has 1 aromatic carbocycles. The van der Waals surface area contributed by atoms with Crippen molar-refractivity contribution in [1.29, 1.82) is 0 Å². The number of nitrogens with zero attached hydrogens (tertiary/aromatic N) is 3. The first-order valence-corrected chi connectivity index (χ1v) is 7.37. The molecule has 0 atom stereocenters. The van der Waals surface area contributed by atoms with Crippen molar-refractivity contribution >= 4 is 11.7 Å². The number of carbonyl (C=O) groups excluding carboxylic acids is 1. The predicted octanol–water partition coefficient (Wildman–Crippen LogP) is 1.48. The summed E-state index contributed by atoms with van der Waals surface area (Å²) < 4.78 is 6.96. The molecule has 4 N–H and O–H groups in total. The number of rotatable bonds is 2.